The van der Waals surface area contributed by atoms with Gasteiger partial charge in [0.25, 0.3) is 0 Å². The summed E-state index contributed by atoms with van der Waals surface area (Å²) in [6.45, 7) is 1.86. The highest BCUT2D eigenvalue weighted by Gasteiger charge is 2.31. The lowest BCUT2D eigenvalue weighted by Gasteiger charge is -2.36. The molecule has 1 aromatic rings. The van der Waals surface area contributed by atoms with Gasteiger partial charge in [0.15, 0.2) is 0 Å². The zero-order valence-electron chi connectivity index (χ0n) is 11.1. The Kier molecular flexibility index (Phi) is 4.53. The van der Waals surface area contributed by atoms with Crippen molar-refractivity contribution in [2.45, 2.75) is 44.7 Å². The molecule has 0 heterocycles. The fourth-order valence-electron chi connectivity index (χ4n) is 2.53. The number of carbonyl (C=O) groups is 1. The second kappa shape index (κ2) is 6.15. The highest BCUT2D eigenvalue weighted by Crippen LogP contribution is 2.38. The summed E-state index contributed by atoms with van der Waals surface area (Å²) < 4.78 is 13.0. The predicted octanol–water partition coefficient (Wildman–Crippen LogP) is 3.12. The Hall–Kier alpha value is -1.42. The Bertz CT molecular complexity index is 428. The van der Waals surface area contributed by atoms with Crippen molar-refractivity contribution in [3.8, 4) is 0 Å². The number of nitrogens with one attached hydrogen (secondary N) is 1. The molecular formula is C15H20FNO2. The topological polar surface area (TPSA) is 49.3 Å². The molecule has 1 fully saturated rings. The summed E-state index contributed by atoms with van der Waals surface area (Å²) in [7, 11) is 0. The van der Waals surface area contributed by atoms with E-state index < -0.39 is 12.0 Å². The fraction of sp³-hybridized carbons (Fsp3) is 0.533. The maximum absolute atomic E-state index is 13.0. The van der Waals surface area contributed by atoms with E-state index in [1.807, 2.05) is 6.92 Å². The minimum Gasteiger partial charge on any atom is -0.480 e. The molecule has 0 aliphatic heterocycles. The second-order valence-corrected chi connectivity index (χ2v) is 5.19. The fourth-order valence-corrected chi connectivity index (χ4v) is 2.53. The lowest BCUT2D eigenvalue weighted by atomic mass is 9.77. The van der Waals surface area contributed by atoms with Crippen LogP contribution >= 0.6 is 0 Å². The van der Waals surface area contributed by atoms with Crippen molar-refractivity contribution in [2.24, 2.45) is 5.92 Å². The maximum atomic E-state index is 13.0. The molecule has 19 heavy (non-hydrogen) atoms. The van der Waals surface area contributed by atoms with Gasteiger partial charge in [-0.15, -0.1) is 0 Å². The minimum atomic E-state index is -0.825. The highest BCUT2D eigenvalue weighted by atomic mass is 19.1. The Morgan fingerprint density at radius 3 is 2.47 bits per heavy atom. The first-order valence-electron chi connectivity index (χ1n) is 6.86. The summed E-state index contributed by atoms with van der Waals surface area (Å²) in [5, 5.41) is 12.4. The Morgan fingerprint density at radius 1 is 1.42 bits per heavy atom. The normalized spacial score (nSPS) is 18.6. The van der Waals surface area contributed by atoms with Crippen LogP contribution in [0.25, 0.3) is 0 Å². The van der Waals surface area contributed by atoms with Crippen LogP contribution in [0.2, 0.25) is 0 Å². The third kappa shape index (κ3) is 3.32. The van der Waals surface area contributed by atoms with E-state index in [0.717, 1.165) is 18.4 Å². The molecule has 2 N–H and O–H groups in total. The molecule has 0 radical (unpaired) electrons. The van der Waals surface area contributed by atoms with Crippen LogP contribution in [0.3, 0.4) is 0 Å². The number of hydrogen-bond donors (Lipinski definition) is 2. The summed E-state index contributed by atoms with van der Waals surface area (Å²) in [4.78, 5) is 11.2. The third-order valence-electron chi connectivity index (χ3n) is 3.94. The van der Waals surface area contributed by atoms with Crippen LogP contribution < -0.4 is 5.32 Å². The molecule has 0 bridgehead atoms. The minimum absolute atomic E-state index is 0.00963. The van der Waals surface area contributed by atoms with E-state index in [1.165, 1.54) is 18.6 Å². The molecule has 0 spiro atoms. The van der Waals surface area contributed by atoms with Gasteiger partial charge < -0.3 is 5.11 Å². The molecule has 1 aromatic carbocycles. The van der Waals surface area contributed by atoms with Crippen LogP contribution in [0.4, 0.5) is 4.39 Å². The van der Waals surface area contributed by atoms with Crippen molar-refractivity contribution >= 4 is 5.97 Å². The molecule has 2 rings (SSSR count). The number of hydrogen-bond acceptors (Lipinski definition) is 2. The first kappa shape index (κ1) is 14.0. The smallest absolute Gasteiger partial charge is 0.320 e. The van der Waals surface area contributed by atoms with Gasteiger partial charge in [0.2, 0.25) is 0 Å². The summed E-state index contributed by atoms with van der Waals surface area (Å²) in [6, 6.07) is 5.83. The molecule has 4 heteroatoms. The summed E-state index contributed by atoms with van der Waals surface area (Å²) in [5.41, 5.74) is 0.978. The number of benzene rings is 1. The quantitative estimate of drug-likeness (QED) is 0.831. The molecular weight excluding hydrogens is 245 g/mol. The van der Waals surface area contributed by atoms with Crippen LogP contribution in [0.5, 0.6) is 0 Å². The van der Waals surface area contributed by atoms with E-state index in [1.54, 1.807) is 12.1 Å². The van der Waals surface area contributed by atoms with Gasteiger partial charge >= 0.3 is 5.97 Å². The molecule has 1 aliphatic rings. The van der Waals surface area contributed by atoms with E-state index in [2.05, 4.69) is 5.32 Å². The van der Waals surface area contributed by atoms with Crippen LogP contribution in [-0.2, 0) is 4.79 Å². The second-order valence-electron chi connectivity index (χ2n) is 5.19. The lowest BCUT2D eigenvalue weighted by Crippen LogP contribution is -2.42. The lowest BCUT2D eigenvalue weighted by molar-refractivity contribution is -0.140. The predicted molar refractivity (Wildman–Crippen MR) is 71.3 cm³/mol. The molecule has 1 aliphatic carbocycles. The van der Waals surface area contributed by atoms with E-state index in [9.17, 15) is 9.18 Å². The van der Waals surface area contributed by atoms with Crippen LogP contribution in [0.1, 0.15) is 44.2 Å². The average Bonchev–Trinajstić information content (AvgIpc) is 2.32. The number of aliphatic carboxylic acids is 1. The average molecular weight is 265 g/mol. The number of halogens is 1. The Labute approximate surface area is 112 Å². The zero-order chi connectivity index (χ0) is 13.8. The Balaban J connectivity index is 2.15. The molecule has 3 nitrogen and oxygen atoms in total. The molecule has 2 atom stereocenters. The van der Waals surface area contributed by atoms with Gasteiger partial charge in [-0.25, -0.2) is 4.39 Å². The van der Waals surface area contributed by atoms with Crippen molar-refractivity contribution < 1.29 is 14.3 Å². The number of carboxylic acid groups (broad SMARTS) is 1. The van der Waals surface area contributed by atoms with Crippen molar-refractivity contribution in [2.75, 3.05) is 0 Å². The van der Waals surface area contributed by atoms with Crippen molar-refractivity contribution in [3.63, 3.8) is 0 Å². The van der Waals surface area contributed by atoms with Gasteiger partial charge in [-0.2, -0.15) is 0 Å². The van der Waals surface area contributed by atoms with E-state index >= 15 is 0 Å². The standard InChI is InChI=1S/C15H20FNO2/c1-2-13(15(18)19)17-14(10-4-3-5-10)11-6-8-12(16)9-7-11/h6-10,13-14,17H,2-5H2,1H3,(H,18,19). The van der Waals surface area contributed by atoms with Crippen molar-refractivity contribution in [3.05, 3.63) is 35.6 Å². The summed E-state index contributed by atoms with van der Waals surface area (Å²) in [6.07, 6.45) is 3.93. The van der Waals surface area contributed by atoms with E-state index in [0.29, 0.717) is 12.3 Å². The SMILES string of the molecule is CCC(NC(c1ccc(F)cc1)C1CCC1)C(=O)O. The van der Waals surface area contributed by atoms with E-state index in [4.69, 9.17) is 5.11 Å². The zero-order valence-corrected chi connectivity index (χ0v) is 11.1. The van der Waals surface area contributed by atoms with Gasteiger partial charge in [0.05, 0.1) is 0 Å². The molecule has 104 valence electrons. The first-order valence-corrected chi connectivity index (χ1v) is 6.86. The monoisotopic (exact) mass is 265 g/mol. The van der Waals surface area contributed by atoms with E-state index in [-0.39, 0.29) is 11.9 Å². The van der Waals surface area contributed by atoms with Crippen LogP contribution in [0.15, 0.2) is 24.3 Å². The molecule has 1 saturated carbocycles. The van der Waals surface area contributed by atoms with Crippen LogP contribution in [0, 0.1) is 11.7 Å². The molecule has 0 amide bonds. The third-order valence-corrected chi connectivity index (χ3v) is 3.94. The van der Waals surface area contributed by atoms with Crippen molar-refractivity contribution in [1.29, 1.82) is 0 Å². The molecule has 0 aromatic heterocycles. The summed E-state index contributed by atoms with van der Waals surface area (Å²) >= 11 is 0. The first-order chi connectivity index (χ1) is 9.11. The molecule has 0 saturated heterocycles. The van der Waals surface area contributed by atoms with Gasteiger partial charge in [-0.05, 0) is 42.9 Å². The van der Waals surface area contributed by atoms with Gasteiger partial charge in [0, 0.05) is 6.04 Å². The van der Waals surface area contributed by atoms with Gasteiger partial charge in [-0.1, -0.05) is 25.5 Å². The molecule has 2 unspecified atom stereocenters. The number of rotatable bonds is 6. The van der Waals surface area contributed by atoms with Crippen LogP contribution in [-0.4, -0.2) is 17.1 Å². The summed E-state index contributed by atoms with van der Waals surface area (Å²) in [5.74, 6) is -0.630. The van der Waals surface area contributed by atoms with Gasteiger partial charge in [0.1, 0.15) is 11.9 Å². The highest BCUT2D eigenvalue weighted by molar-refractivity contribution is 5.73. The number of carboxylic acids is 1. The largest absolute Gasteiger partial charge is 0.480 e. The Morgan fingerprint density at radius 2 is 2.05 bits per heavy atom. The maximum Gasteiger partial charge on any atom is 0.320 e. The van der Waals surface area contributed by atoms with Crippen molar-refractivity contribution in [1.82, 2.24) is 5.32 Å². The van der Waals surface area contributed by atoms with Gasteiger partial charge in [-0.3, -0.25) is 10.1 Å².